The Bertz CT molecular complexity index is 449. The predicted molar refractivity (Wildman–Crippen MR) is 77.5 cm³/mol. The van der Waals surface area contributed by atoms with Crippen molar-refractivity contribution >= 4 is 17.5 Å². The number of hydrogen-bond acceptors (Lipinski definition) is 3. The molecule has 0 heterocycles. The molecule has 1 aromatic rings. The monoisotopic (exact) mass is 284 g/mol. The fourth-order valence-corrected chi connectivity index (χ4v) is 1.86. The van der Waals surface area contributed by atoms with Crippen molar-refractivity contribution in [2.24, 2.45) is 11.7 Å². The SMILES string of the molecule is CC(C)C(N)CCN(C)C(=O)c1cc(O)ccc1Cl. The van der Waals surface area contributed by atoms with Gasteiger partial charge in [-0.1, -0.05) is 25.4 Å². The molecule has 1 rings (SSSR count). The summed E-state index contributed by atoms with van der Waals surface area (Å²) in [7, 11) is 1.70. The van der Waals surface area contributed by atoms with Crippen LogP contribution in [0.3, 0.4) is 0 Å². The van der Waals surface area contributed by atoms with Crippen molar-refractivity contribution in [2.75, 3.05) is 13.6 Å². The minimum Gasteiger partial charge on any atom is -0.508 e. The van der Waals surface area contributed by atoms with E-state index in [1.807, 2.05) is 0 Å². The third-order valence-corrected chi connectivity index (χ3v) is 3.51. The maximum absolute atomic E-state index is 12.2. The summed E-state index contributed by atoms with van der Waals surface area (Å²) in [6.45, 7) is 4.67. The number of carbonyl (C=O) groups excluding carboxylic acids is 1. The Morgan fingerprint density at radius 1 is 1.47 bits per heavy atom. The number of hydrogen-bond donors (Lipinski definition) is 2. The summed E-state index contributed by atoms with van der Waals surface area (Å²) in [6.07, 6.45) is 0.732. The van der Waals surface area contributed by atoms with Gasteiger partial charge in [0, 0.05) is 19.6 Å². The topological polar surface area (TPSA) is 66.6 Å². The highest BCUT2D eigenvalue weighted by Gasteiger charge is 2.17. The van der Waals surface area contributed by atoms with Crippen LogP contribution in [0.15, 0.2) is 18.2 Å². The number of nitrogens with two attached hydrogens (primary N) is 1. The molecule has 0 radical (unpaired) electrons. The summed E-state index contributed by atoms with van der Waals surface area (Å²) in [6, 6.07) is 4.41. The Balaban J connectivity index is 2.69. The van der Waals surface area contributed by atoms with Crippen molar-refractivity contribution in [1.29, 1.82) is 0 Å². The van der Waals surface area contributed by atoms with Gasteiger partial charge >= 0.3 is 0 Å². The first-order chi connectivity index (χ1) is 8.82. The molecular formula is C14H21ClN2O2. The zero-order chi connectivity index (χ0) is 14.6. The van der Waals surface area contributed by atoms with Crippen molar-refractivity contribution < 1.29 is 9.90 Å². The predicted octanol–water partition coefficient (Wildman–Crippen LogP) is 2.49. The van der Waals surface area contributed by atoms with E-state index < -0.39 is 0 Å². The summed E-state index contributed by atoms with van der Waals surface area (Å²) in [5, 5.41) is 9.75. The van der Waals surface area contributed by atoms with Crippen LogP contribution in [0.4, 0.5) is 0 Å². The van der Waals surface area contributed by atoms with Gasteiger partial charge in [-0.05, 0) is 30.5 Å². The Morgan fingerprint density at radius 2 is 2.11 bits per heavy atom. The molecule has 0 aliphatic rings. The van der Waals surface area contributed by atoms with Crippen LogP contribution < -0.4 is 5.73 Å². The molecule has 0 aliphatic carbocycles. The standard InChI is InChI=1S/C14H21ClN2O2/c1-9(2)13(16)6-7-17(3)14(19)11-8-10(18)4-5-12(11)15/h4-5,8-9,13,18H,6-7,16H2,1-3H3. The third kappa shape index (κ3) is 4.40. The minimum absolute atomic E-state index is 0.0278. The van der Waals surface area contributed by atoms with Crippen LogP contribution in [-0.4, -0.2) is 35.5 Å². The van der Waals surface area contributed by atoms with E-state index in [0.29, 0.717) is 23.0 Å². The lowest BCUT2D eigenvalue weighted by atomic mass is 10.0. The smallest absolute Gasteiger partial charge is 0.255 e. The molecule has 0 saturated carbocycles. The van der Waals surface area contributed by atoms with Gasteiger partial charge in [0.2, 0.25) is 0 Å². The number of rotatable bonds is 5. The van der Waals surface area contributed by atoms with Crippen molar-refractivity contribution in [3.8, 4) is 5.75 Å². The molecule has 5 heteroatoms. The lowest BCUT2D eigenvalue weighted by Gasteiger charge is -2.22. The summed E-state index contributed by atoms with van der Waals surface area (Å²) in [4.78, 5) is 13.8. The fraction of sp³-hybridized carbons (Fsp3) is 0.500. The summed E-state index contributed by atoms with van der Waals surface area (Å²) >= 11 is 5.97. The van der Waals surface area contributed by atoms with Crippen LogP contribution >= 0.6 is 11.6 Å². The van der Waals surface area contributed by atoms with Gasteiger partial charge in [0.05, 0.1) is 10.6 Å². The zero-order valence-corrected chi connectivity index (χ0v) is 12.3. The average Bonchev–Trinajstić information content (AvgIpc) is 2.37. The van der Waals surface area contributed by atoms with Crippen LogP contribution in [-0.2, 0) is 0 Å². The number of phenols is 1. The molecule has 19 heavy (non-hydrogen) atoms. The first-order valence-corrected chi connectivity index (χ1v) is 6.70. The molecule has 1 atom stereocenters. The van der Waals surface area contributed by atoms with Gasteiger partial charge in [0.15, 0.2) is 0 Å². The highest BCUT2D eigenvalue weighted by Crippen LogP contribution is 2.22. The van der Waals surface area contributed by atoms with Crippen molar-refractivity contribution in [3.63, 3.8) is 0 Å². The van der Waals surface area contributed by atoms with E-state index in [2.05, 4.69) is 13.8 Å². The number of aromatic hydroxyl groups is 1. The van der Waals surface area contributed by atoms with Gasteiger partial charge in [0.1, 0.15) is 5.75 Å². The Labute approximate surface area is 119 Å². The van der Waals surface area contributed by atoms with Gasteiger partial charge in [-0.25, -0.2) is 0 Å². The quantitative estimate of drug-likeness (QED) is 0.873. The van der Waals surface area contributed by atoms with Gasteiger partial charge in [-0.2, -0.15) is 0 Å². The van der Waals surface area contributed by atoms with Gasteiger partial charge in [-0.15, -0.1) is 0 Å². The molecule has 0 aromatic heterocycles. The van der Waals surface area contributed by atoms with E-state index in [-0.39, 0.29) is 17.7 Å². The Morgan fingerprint density at radius 3 is 2.68 bits per heavy atom. The lowest BCUT2D eigenvalue weighted by Crippen LogP contribution is -2.34. The zero-order valence-electron chi connectivity index (χ0n) is 11.6. The van der Waals surface area contributed by atoms with Crippen LogP contribution in [0, 0.1) is 5.92 Å². The second-order valence-corrected chi connectivity index (χ2v) is 5.49. The lowest BCUT2D eigenvalue weighted by molar-refractivity contribution is 0.0789. The van der Waals surface area contributed by atoms with E-state index in [0.717, 1.165) is 6.42 Å². The number of halogens is 1. The highest BCUT2D eigenvalue weighted by atomic mass is 35.5. The summed E-state index contributed by atoms with van der Waals surface area (Å²) in [5.74, 6) is 0.199. The molecule has 0 fully saturated rings. The van der Waals surface area contributed by atoms with Gasteiger partial charge < -0.3 is 15.7 Å². The molecule has 0 aliphatic heterocycles. The molecule has 3 N–H and O–H groups in total. The number of benzene rings is 1. The van der Waals surface area contributed by atoms with Crippen molar-refractivity contribution in [2.45, 2.75) is 26.3 Å². The minimum atomic E-state index is -0.211. The maximum atomic E-state index is 12.2. The van der Waals surface area contributed by atoms with Crippen LogP contribution in [0.2, 0.25) is 5.02 Å². The second-order valence-electron chi connectivity index (χ2n) is 5.09. The Hall–Kier alpha value is -1.26. The van der Waals surface area contributed by atoms with Crippen LogP contribution in [0.25, 0.3) is 0 Å². The molecule has 1 amide bonds. The number of nitrogens with zero attached hydrogens (tertiary/aromatic N) is 1. The molecule has 106 valence electrons. The summed E-state index contributed by atoms with van der Waals surface area (Å²) in [5.41, 5.74) is 6.26. The van der Waals surface area contributed by atoms with E-state index in [1.54, 1.807) is 11.9 Å². The molecule has 1 aromatic carbocycles. The number of carbonyl (C=O) groups is 1. The van der Waals surface area contributed by atoms with Crippen molar-refractivity contribution in [3.05, 3.63) is 28.8 Å². The van der Waals surface area contributed by atoms with Gasteiger partial charge in [0.25, 0.3) is 5.91 Å². The van der Waals surface area contributed by atoms with Crippen molar-refractivity contribution in [1.82, 2.24) is 4.90 Å². The largest absolute Gasteiger partial charge is 0.508 e. The Kier molecular flexibility index (Phi) is 5.63. The number of phenolic OH excluding ortho intramolecular Hbond substituents is 1. The number of amides is 1. The third-order valence-electron chi connectivity index (χ3n) is 3.18. The van der Waals surface area contributed by atoms with Crippen LogP contribution in [0.5, 0.6) is 5.75 Å². The normalized spacial score (nSPS) is 12.5. The van der Waals surface area contributed by atoms with Gasteiger partial charge in [-0.3, -0.25) is 4.79 Å². The summed E-state index contributed by atoms with van der Waals surface area (Å²) < 4.78 is 0. The first kappa shape index (κ1) is 15.8. The molecule has 4 nitrogen and oxygen atoms in total. The highest BCUT2D eigenvalue weighted by molar-refractivity contribution is 6.33. The van der Waals surface area contributed by atoms with E-state index in [4.69, 9.17) is 17.3 Å². The maximum Gasteiger partial charge on any atom is 0.255 e. The first-order valence-electron chi connectivity index (χ1n) is 6.32. The molecule has 0 bridgehead atoms. The van der Waals surface area contributed by atoms with E-state index >= 15 is 0 Å². The molecule has 0 saturated heterocycles. The molecular weight excluding hydrogens is 264 g/mol. The average molecular weight is 285 g/mol. The van der Waals surface area contributed by atoms with Crippen LogP contribution in [0.1, 0.15) is 30.6 Å². The van der Waals surface area contributed by atoms with E-state index in [9.17, 15) is 9.90 Å². The fourth-order valence-electron chi connectivity index (χ4n) is 1.66. The molecule has 0 spiro atoms. The molecule has 1 unspecified atom stereocenters. The van der Waals surface area contributed by atoms with E-state index in [1.165, 1.54) is 18.2 Å². The second kappa shape index (κ2) is 6.78.